The van der Waals surface area contributed by atoms with Gasteiger partial charge in [0.2, 0.25) is 0 Å². The molecule has 0 saturated carbocycles. The number of fused-ring (bicyclic) bond motifs is 1. The molecule has 0 spiro atoms. The largest absolute Gasteiger partial charge is 0.365 e. The van der Waals surface area contributed by atoms with Crippen LogP contribution in [0.2, 0.25) is 0 Å². The van der Waals surface area contributed by atoms with Crippen molar-refractivity contribution in [2.75, 3.05) is 18.0 Å². The Morgan fingerprint density at radius 1 is 1.33 bits per heavy atom. The third-order valence-corrected chi connectivity index (χ3v) is 4.25. The molecule has 2 unspecified atom stereocenters. The minimum atomic E-state index is -0.686. The van der Waals surface area contributed by atoms with Crippen LogP contribution in [0.1, 0.15) is 23.2 Å². The number of nitrogens with two attached hydrogens (primary N) is 1. The number of pyridine rings is 1. The molecule has 1 saturated heterocycles. The monoisotopic (exact) mass is 288 g/mol. The molecule has 1 amide bonds. The van der Waals surface area contributed by atoms with Crippen molar-refractivity contribution in [3.63, 3.8) is 0 Å². The van der Waals surface area contributed by atoms with Crippen LogP contribution in [-0.2, 0) is 0 Å². The SMILES string of the molecule is NC(=O)c1cc([N+](=O)[O-])cnc1N1CC2CC=CCC2C1. The molecule has 1 aromatic heterocycles. The zero-order valence-electron chi connectivity index (χ0n) is 11.4. The lowest BCUT2D eigenvalue weighted by Gasteiger charge is -2.19. The van der Waals surface area contributed by atoms with Crippen LogP contribution in [0.25, 0.3) is 0 Å². The number of rotatable bonds is 3. The number of amides is 1. The lowest BCUT2D eigenvalue weighted by molar-refractivity contribution is -0.385. The van der Waals surface area contributed by atoms with Crippen LogP contribution >= 0.6 is 0 Å². The maximum Gasteiger partial charge on any atom is 0.288 e. The molecule has 1 aliphatic carbocycles. The van der Waals surface area contributed by atoms with Crippen molar-refractivity contribution in [1.82, 2.24) is 4.98 Å². The number of carbonyl (C=O) groups is 1. The van der Waals surface area contributed by atoms with E-state index in [1.165, 1.54) is 12.3 Å². The van der Waals surface area contributed by atoms with Gasteiger partial charge in [-0.3, -0.25) is 14.9 Å². The summed E-state index contributed by atoms with van der Waals surface area (Å²) in [6, 6.07) is 1.21. The van der Waals surface area contributed by atoms with Gasteiger partial charge in [0, 0.05) is 19.2 Å². The molecule has 1 fully saturated rings. The van der Waals surface area contributed by atoms with E-state index in [1.54, 1.807) is 0 Å². The number of nitrogens with zero attached hydrogens (tertiary/aromatic N) is 3. The van der Waals surface area contributed by atoms with Crippen molar-refractivity contribution >= 4 is 17.4 Å². The fraction of sp³-hybridized carbons (Fsp3) is 0.429. The van der Waals surface area contributed by atoms with Crippen LogP contribution in [0.3, 0.4) is 0 Å². The first-order valence-electron chi connectivity index (χ1n) is 6.90. The van der Waals surface area contributed by atoms with Crippen LogP contribution < -0.4 is 10.6 Å². The lowest BCUT2D eigenvalue weighted by Crippen LogP contribution is -2.25. The molecule has 2 aliphatic rings. The topological polar surface area (TPSA) is 102 Å². The average Bonchev–Trinajstić information content (AvgIpc) is 2.90. The molecular weight excluding hydrogens is 272 g/mol. The summed E-state index contributed by atoms with van der Waals surface area (Å²) in [5, 5.41) is 10.8. The Balaban J connectivity index is 1.92. The summed E-state index contributed by atoms with van der Waals surface area (Å²) < 4.78 is 0. The van der Waals surface area contributed by atoms with Crippen LogP contribution in [0.4, 0.5) is 11.5 Å². The summed E-state index contributed by atoms with van der Waals surface area (Å²) in [6.45, 7) is 1.61. The second kappa shape index (κ2) is 5.16. The van der Waals surface area contributed by atoms with E-state index in [2.05, 4.69) is 17.1 Å². The molecular formula is C14H16N4O3. The second-order valence-electron chi connectivity index (χ2n) is 5.55. The summed E-state index contributed by atoms with van der Waals surface area (Å²) >= 11 is 0. The van der Waals surface area contributed by atoms with Gasteiger partial charge < -0.3 is 10.6 Å². The van der Waals surface area contributed by atoms with E-state index < -0.39 is 10.8 Å². The third-order valence-electron chi connectivity index (χ3n) is 4.25. The van der Waals surface area contributed by atoms with E-state index >= 15 is 0 Å². The number of allylic oxidation sites excluding steroid dienone is 2. The molecule has 2 atom stereocenters. The Morgan fingerprint density at radius 2 is 1.95 bits per heavy atom. The van der Waals surface area contributed by atoms with E-state index in [9.17, 15) is 14.9 Å². The van der Waals surface area contributed by atoms with Crippen LogP contribution in [-0.4, -0.2) is 28.9 Å². The van der Waals surface area contributed by atoms with Crippen molar-refractivity contribution in [2.45, 2.75) is 12.8 Å². The molecule has 7 heteroatoms. The highest BCUT2D eigenvalue weighted by molar-refractivity contribution is 5.98. The van der Waals surface area contributed by atoms with Crippen molar-refractivity contribution in [2.24, 2.45) is 17.6 Å². The quantitative estimate of drug-likeness (QED) is 0.515. The first-order valence-corrected chi connectivity index (χ1v) is 6.90. The molecule has 2 N–H and O–H groups in total. The fourth-order valence-electron chi connectivity index (χ4n) is 3.17. The third kappa shape index (κ3) is 2.46. The van der Waals surface area contributed by atoms with Crippen LogP contribution in [0.15, 0.2) is 24.4 Å². The van der Waals surface area contributed by atoms with Gasteiger partial charge in [0.15, 0.2) is 0 Å². The van der Waals surface area contributed by atoms with Crippen molar-refractivity contribution in [3.8, 4) is 0 Å². The smallest absolute Gasteiger partial charge is 0.288 e. The first kappa shape index (κ1) is 13.5. The molecule has 7 nitrogen and oxygen atoms in total. The number of hydrogen-bond donors (Lipinski definition) is 1. The van der Waals surface area contributed by atoms with Gasteiger partial charge in [0.05, 0.1) is 10.5 Å². The minimum Gasteiger partial charge on any atom is -0.365 e. The van der Waals surface area contributed by atoms with Gasteiger partial charge in [-0.1, -0.05) is 12.2 Å². The summed E-state index contributed by atoms with van der Waals surface area (Å²) in [5.74, 6) is 0.872. The number of nitro groups is 1. The number of aromatic nitrogens is 1. The predicted octanol–water partition coefficient (Wildman–Crippen LogP) is 1.49. The van der Waals surface area contributed by atoms with E-state index in [0.717, 1.165) is 25.9 Å². The molecule has 0 aromatic carbocycles. The van der Waals surface area contributed by atoms with E-state index in [-0.39, 0.29) is 11.3 Å². The predicted molar refractivity (Wildman–Crippen MR) is 77.0 cm³/mol. The number of hydrogen-bond acceptors (Lipinski definition) is 5. The Bertz CT molecular complexity index is 613. The van der Waals surface area contributed by atoms with Gasteiger partial charge in [-0.25, -0.2) is 4.98 Å². The summed E-state index contributed by atoms with van der Waals surface area (Å²) in [5.41, 5.74) is 5.26. The molecule has 2 heterocycles. The number of primary amides is 1. The molecule has 1 aliphatic heterocycles. The average molecular weight is 288 g/mol. The number of carbonyl (C=O) groups excluding carboxylic acids is 1. The molecule has 1 aromatic rings. The van der Waals surface area contributed by atoms with Gasteiger partial charge in [-0.15, -0.1) is 0 Å². The van der Waals surface area contributed by atoms with Gasteiger partial charge >= 0.3 is 0 Å². The molecule has 0 bridgehead atoms. The van der Waals surface area contributed by atoms with E-state index in [0.29, 0.717) is 17.7 Å². The molecule has 0 radical (unpaired) electrons. The van der Waals surface area contributed by atoms with Gasteiger partial charge in [-0.2, -0.15) is 0 Å². The maximum atomic E-state index is 11.6. The Labute approximate surface area is 121 Å². The zero-order valence-corrected chi connectivity index (χ0v) is 11.4. The van der Waals surface area contributed by atoms with Crippen LogP contribution in [0, 0.1) is 22.0 Å². The standard InChI is InChI=1S/C14H16N4O3/c15-13(19)12-5-11(18(20)21)6-16-14(12)17-7-9-3-1-2-4-10(9)8-17/h1-2,5-6,9-10H,3-4,7-8H2,(H2,15,19). The molecule has 110 valence electrons. The normalized spacial score (nSPS) is 23.9. The van der Waals surface area contributed by atoms with Crippen molar-refractivity contribution < 1.29 is 9.72 Å². The summed E-state index contributed by atoms with van der Waals surface area (Å²) in [4.78, 5) is 28.0. The Hall–Kier alpha value is -2.44. The molecule has 3 rings (SSSR count). The molecule has 21 heavy (non-hydrogen) atoms. The van der Waals surface area contributed by atoms with E-state index in [1.807, 2.05) is 4.90 Å². The summed E-state index contributed by atoms with van der Waals surface area (Å²) in [7, 11) is 0. The second-order valence-corrected chi connectivity index (χ2v) is 5.55. The maximum absolute atomic E-state index is 11.6. The first-order chi connectivity index (χ1) is 10.1. The van der Waals surface area contributed by atoms with Gasteiger partial charge in [0.25, 0.3) is 11.6 Å². The highest BCUT2D eigenvalue weighted by Crippen LogP contribution is 2.36. The zero-order chi connectivity index (χ0) is 15.0. The summed E-state index contributed by atoms with van der Waals surface area (Å²) in [6.07, 6.45) is 7.61. The Morgan fingerprint density at radius 3 is 2.48 bits per heavy atom. The van der Waals surface area contributed by atoms with Gasteiger partial charge in [0.1, 0.15) is 12.0 Å². The highest BCUT2D eigenvalue weighted by atomic mass is 16.6. The van der Waals surface area contributed by atoms with Gasteiger partial charge in [-0.05, 0) is 24.7 Å². The minimum absolute atomic E-state index is 0.121. The van der Waals surface area contributed by atoms with Crippen molar-refractivity contribution in [3.05, 3.63) is 40.1 Å². The highest BCUT2D eigenvalue weighted by Gasteiger charge is 2.35. The fourth-order valence-corrected chi connectivity index (χ4v) is 3.17. The van der Waals surface area contributed by atoms with Crippen molar-refractivity contribution in [1.29, 1.82) is 0 Å². The number of anilines is 1. The Kier molecular flexibility index (Phi) is 3.32. The van der Waals surface area contributed by atoms with Crippen LogP contribution in [0.5, 0.6) is 0 Å². The van der Waals surface area contributed by atoms with E-state index in [4.69, 9.17) is 5.73 Å². The lowest BCUT2D eigenvalue weighted by atomic mass is 9.86.